The topological polar surface area (TPSA) is 57.3 Å². The smallest absolute Gasteiger partial charge is 0.253 e. The number of likely N-dealkylation sites (N-methyl/N-ethyl adjacent to an activating group) is 1. The van der Waals surface area contributed by atoms with E-state index in [2.05, 4.69) is 20.5 Å². The van der Waals surface area contributed by atoms with Gasteiger partial charge in [0, 0.05) is 32.0 Å². The van der Waals surface area contributed by atoms with Crippen LogP contribution >= 0.6 is 0 Å². The molecule has 0 bridgehead atoms. The lowest BCUT2D eigenvalue weighted by Crippen LogP contribution is -2.24. The van der Waals surface area contributed by atoms with Crippen LogP contribution in [0.4, 0.5) is 5.69 Å². The highest BCUT2D eigenvalue weighted by molar-refractivity contribution is 5.94. The van der Waals surface area contributed by atoms with Crippen molar-refractivity contribution in [1.82, 2.24) is 15.2 Å². The highest BCUT2D eigenvalue weighted by Gasteiger charge is 2.07. The van der Waals surface area contributed by atoms with Gasteiger partial charge >= 0.3 is 0 Å². The second-order valence-electron chi connectivity index (χ2n) is 5.80. The van der Waals surface area contributed by atoms with Crippen molar-refractivity contribution in [3.05, 3.63) is 59.4 Å². The Bertz CT molecular complexity index is 655. The van der Waals surface area contributed by atoms with Crippen molar-refractivity contribution < 1.29 is 4.79 Å². The molecule has 0 saturated carbocycles. The van der Waals surface area contributed by atoms with Gasteiger partial charge in [-0.2, -0.15) is 0 Å². The molecular formula is C18H24N4O. The molecule has 2 rings (SSSR count). The first kappa shape index (κ1) is 17.0. The lowest BCUT2D eigenvalue weighted by Gasteiger charge is -2.12. The predicted molar refractivity (Wildman–Crippen MR) is 93.6 cm³/mol. The zero-order valence-electron chi connectivity index (χ0n) is 14.0. The molecule has 0 aliphatic rings. The molecule has 1 aromatic heterocycles. The molecule has 0 aliphatic heterocycles. The van der Waals surface area contributed by atoms with Crippen molar-refractivity contribution in [1.29, 1.82) is 0 Å². The van der Waals surface area contributed by atoms with Crippen molar-refractivity contribution in [3.8, 4) is 0 Å². The number of anilines is 1. The van der Waals surface area contributed by atoms with Gasteiger partial charge in [-0.25, -0.2) is 0 Å². The largest absolute Gasteiger partial charge is 0.382 e. The van der Waals surface area contributed by atoms with Crippen LogP contribution in [0, 0.1) is 6.92 Å². The Labute approximate surface area is 137 Å². The molecule has 0 saturated heterocycles. The maximum absolute atomic E-state index is 12.3. The van der Waals surface area contributed by atoms with E-state index < -0.39 is 0 Å². The first-order valence-electron chi connectivity index (χ1n) is 7.72. The number of hydrogen-bond donors (Lipinski definition) is 2. The highest BCUT2D eigenvalue weighted by Crippen LogP contribution is 2.10. The van der Waals surface area contributed by atoms with Gasteiger partial charge in [-0.15, -0.1) is 0 Å². The van der Waals surface area contributed by atoms with E-state index in [0.29, 0.717) is 12.1 Å². The Kier molecular flexibility index (Phi) is 6.11. The molecule has 5 heteroatoms. The normalized spacial score (nSPS) is 10.6. The number of carbonyl (C=O) groups is 1. The van der Waals surface area contributed by atoms with Gasteiger partial charge in [0.15, 0.2) is 0 Å². The molecule has 122 valence electrons. The number of benzene rings is 1. The quantitative estimate of drug-likeness (QED) is 0.823. The fourth-order valence-electron chi connectivity index (χ4n) is 2.17. The molecule has 0 fully saturated rings. The van der Waals surface area contributed by atoms with E-state index in [9.17, 15) is 4.79 Å². The molecule has 2 aromatic rings. The third-order valence-corrected chi connectivity index (χ3v) is 3.59. The number of nitrogens with one attached hydrogen (secondary N) is 2. The van der Waals surface area contributed by atoms with E-state index in [4.69, 9.17) is 0 Å². The summed E-state index contributed by atoms with van der Waals surface area (Å²) in [6, 6.07) is 9.86. The Morgan fingerprint density at radius 1 is 1.22 bits per heavy atom. The molecule has 0 atom stereocenters. The molecule has 1 amide bonds. The number of rotatable bonds is 7. The summed E-state index contributed by atoms with van der Waals surface area (Å²) in [4.78, 5) is 18.5. The van der Waals surface area contributed by atoms with Gasteiger partial charge in [-0.05, 0) is 38.2 Å². The van der Waals surface area contributed by atoms with Gasteiger partial charge in [0.25, 0.3) is 5.91 Å². The molecule has 0 radical (unpaired) electrons. The summed E-state index contributed by atoms with van der Waals surface area (Å²) in [5, 5.41) is 6.21. The van der Waals surface area contributed by atoms with Gasteiger partial charge in [0.2, 0.25) is 0 Å². The lowest BCUT2D eigenvalue weighted by molar-refractivity contribution is 0.0950. The van der Waals surface area contributed by atoms with Crippen LogP contribution in [0.3, 0.4) is 0 Å². The van der Waals surface area contributed by atoms with E-state index in [1.807, 2.05) is 51.4 Å². The summed E-state index contributed by atoms with van der Waals surface area (Å²) in [5.41, 5.74) is 3.71. The van der Waals surface area contributed by atoms with Crippen molar-refractivity contribution in [3.63, 3.8) is 0 Å². The van der Waals surface area contributed by atoms with Crippen LogP contribution in [0.1, 0.15) is 21.5 Å². The minimum Gasteiger partial charge on any atom is -0.382 e. The summed E-state index contributed by atoms with van der Waals surface area (Å²) in [7, 11) is 4.05. The average molecular weight is 312 g/mol. The number of hydrogen-bond acceptors (Lipinski definition) is 4. The number of aromatic nitrogens is 1. The SMILES string of the molecule is Cc1ccccc1CNC(=O)c1cncc(NCCN(C)C)c1. The Morgan fingerprint density at radius 2 is 2.00 bits per heavy atom. The minimum absolute atomic E-state index is 0.114. The van der Waals surface area contributed by atoms with Gasteiger partial charge in [-0.1, -0.05) is 24.3 Å². The molecule has 0 unspecified atom stereocenters. The second-order valence-corrected chi connectivity index (χ2v) is 5.80. The average Bonchev–Trinajstić information content (AvgIpc) is 2.54. The van der Waals surface area contributed by atoms with E-state index >= 15 is 0 Å². The Hall–Kier alpha value is -2.40. The van der Waals surface area contributed by atoms with Crippen molar-refractivity contribution in [2.75, 3.05) is 32.5 Å². The van der Waals surface area contributed by atoms with E-state index in [0.717, 1.165) is 24.3 Å². The Balaban J connectivity index is 1.93. The number of nitrogens with zero attached hydrogens (tertiary/aromatic N) is 2. The van der Waals surface area contributed by atoms with E-state index in [1.165, 1.54) is 5.56 Å². The summed E-state index contributed by atoms with van der Waals surface area (Å²) < 4.78 is 0. The molecule has 2 N–H and O–H groups in total. The zero-order chi connectivity index (χ0) is 16.7. The predicted octanol–water partition coefficient (Wildman–Crippen LogP) is 2.29. The lowest BCUT2D eigenvalue weighted by atomic mass is 10.1. The van der Waals surface area contributed by atoms with Crippen LogP contribution < -0.4 is 10.6 Å². The van der Waals surface area contributed by atoms with Crippen LogP contribution in [-0.4, -0.2) is 43.0 Å². The van der Waals surface area contributed by atoms with Crippen LogP contribution in [0.5, 0.6) is 0 Å². The number of carbonyl (C=O) groups excluding carboxylic acids is 1. The summed E-state index contributed by atoms with van der Waals surface area (Å²) in [5.74, 6) is -0.114. The molecule has 1 heterocycles. The maximum atomic E-state index is 12.3. The first-order chi connectivity index (χ1) is 11.1. The van der Waals surface area contributed by atoms with Crippen LogP contribution in [0.25, 0.3) is 0 Å². The van der Waals surface area contributed by atoms with Gasteiger partial charge < -0.3 is 15.5 Å². The molecule has 5 nitrogen and oxygen atoms in total. The van der Waals surface area contributed by atoms with Crippen LogP contribution in [0.15, 0.2) is 42.7 Å². The Morgan fingerprint density at radius 3 is 2.74 bits per heavy atom. The third kappa shape index (κ3) is 5.38. The van der Waals surface area contributed by atoms with Gasteiger partial charge in [0.1, 0.15) is 0 Å². The number of amides is 1. The minimum atomic E-state index is -0.114. The van der Waals surface area contributed by atoms with Gasteiger partial charge in [0.05, 0.1) is 11.3 Å². The number of aryl methyl sites for hydroxylation is 1. The highest BCUT2D eigenvalue weighted by atomic mass is 16.1. The molecule has 0 spiro atoms. The third-order valence-electron chi connectivity index (χ3n) is 3.59. The number of pyridine rings is 1. The molecule has 0 aliphatic carbocycles. The summed E-state index contributed by atoms with van der Waals surface area (Å²) in [6.45, 7) is 4.29. The van der Waals surface area contributed by atoms with E-state index in [-0.39, 0.29) is 5.91 Å². The van der Waals surface area contributed by atoms with Crippen LogP contribution in [-0.2, 0) is 6.54 Å². The first-order valence-corrected chi connectivity index (χ1v) is 7.72. The van der Waals surface area contributed by atoms with Crippen molar-refractivity contribution in [2.45, 2.75) is 13.5 Å². The standard InChI is InChI=1S/C18H24N4O/c1-14-6-4-5-7-15(14)12-21-18(23)16-10-17(13-19-11-16)20-8-9-22(2)3/h4-7,10-11,13,20H,8-9,12H2,1-3H3,(H,21,23). The van der Waals surface area contributed by atoms with Gasteiger partial charge in [-0.3, -0.25) is 9.78 Å². The van der Waals surface area contributed by atoms with Crippen molar-refractivity contribution >= 4 is 11.6 Å². The van der Waals surface area contributed by atoms with Crippen LogP contribution in [0.2, 0.25) is 0 Å². The maximum Gasteiger partial charge on any atom is 0.253 e. The zero-order valence-corrected chi connectivity index (χ0v) is 14.0. The molecular weight excluding hydrogens is 288 g/mol. The summed E-state index contributed by atoms with van der Waals surface area (Å²) in [6.07, 6.45) is 3.32. The monoisotopic (exact) mass is 312 g/mol. The fourth-order valence-corrected chi connectivity index (χ4v) is 2.17. The second kappa shape index (κ2) is 8.29. The molecule has 1 aromatic carbocycles. The van der Waals surface area contributed by atoms with E-state index in [1.54, 1.807) is 12.4 Å². The fraction of sp³-hybridized carbons (Fsp3) is 0.333. The van der Waals surface area contributed by atoms with Crippen molar-refractivity contribution in [2.24, 2.45) is 0 Å². The molecule has 23 heavy (non-hydrogen) atoms. The summed E-state index contributed by atoms with van der Waals surface area (Å²) >= 11 is 0.